The molecule has 20 heavy (non-hydrogen) atoms. The highest BCUT2D eigenvalue weighted by Gasteiger charge is 2.06. The molecule has 0 saturated heterocycles. The van der Waals surface area contributed by atoms with Gasteiger partial charge in [-0.2, -0.15) is 0 Å². The molecule has 0 aliphatic rings. The number of hydrogen-bond acceptors (Lipinski definition) is 2. The minimum Gasteiger partial charge on any atom is -0.486 e. The Bertz CT molecular complexity index is 579. The lowest BCUT2D eigenvalue weighted by molar-refractivity contribution is -0.120. The third kappa shape index (κ3) is 4.10. The predicted octanol–water partition coefficient (Wildman–Crippen LogP) is 4.09. The van der Waals surface area contributed by atoms with Gasteiger partial charge < -0.3 is 4.74 Å². The molecule has 0 saturated carbocycles. The zero-order valence-corrected chi connectivity index (χ0v) is 12.2. The monoisotopic (exact) mass is 288 g/mol. The van der Waals surface area contributed by atoms with Gasteiger partial charge in [0.15, 0.2) is 5.78 Å². The molecule has 0 aromatic heterocycles. The van der Waals surface area contributed by atoms with Crippen molar-refractivity contribution in [3.8, 4) is 5.75 Å². The minimum atomic E-state index is 0.0594. The van der Waals surface area contributed by atoms with Crippen molar-refractivity contribution in [1.29, 1.82) is 0 Å². The molecule has 0 aliphatic carbocycles. The number of ether oxygens (including phenoxy) is 1. The molecular weight excluding hydrogens is 272 g/mol. The summed E-state index contributed by atoms with van der Waals surface area (Å²) < 4.78 is 5.53. The van der Waals surface area contributed by atoms with Crippen LogP contribution in [0.5, 0.6) is 5.75 Å². The SMILES string of the molecule is CCc1cc(OCC(=O)Cc2ccccc2)ccc1Cl. The zero-order valence-electron chi connectivity index (χ0n) is 11.4. The smallest absolute Gasteiger partial charge is 0.174 e. The molecule has 3 heteroatoms. The Balaban J connectivity index is 1.90. The van der Waals surface area contributed by atoms with Crippen LogP contribution in [0.4, 0.5) is 0 Å². The quantitative estimate of drug-likeness (QED) is 0.800. The highest BCUT2D eigenvalue weighted by atomic mass is 35.5. The van der Waals surface area contributed by atoms with Crippen LogP contribution in [-0.4, -0.2) is 12.4 Å². The maximum Gasteiger partial charge on any atom is 0.174 e. The molecule has 0 N–H and O–H groups in total. The van der Waals surface area contributed by atoms with Crippen molar-refractivity contribution in [2.75, 3.05) is 6.61 Å². The summed E-state index contributed by atoms with van der Waals surface area (Å²) in [6.45, 7) is 2.12. The van der Waals surface area contributed by atoms with Gasteiger partial charge in [0.25, 0.3) is 0 Å². The fourth-order valence-electron chi connectivity index (χ4n) is 1.95. The van der Waals surface area contributed by atoms with E-state index in [4.69, 9.17) is 16.3 Å². The summed E-state index contributed by atoms with van der Waals surface area (Å²) >= 11 is 6.04. The summed E-state index contributed by atoms with van der Waals surface area (Å²) in [6.07, 6.45) is 1.24. The summed E-state index contributed by atoms with van der Waals surface area (Å²) in [6, 6.07) is 15.1. The first-order valence-corrected chi connectivity index (χ1v) is 7.03. The van der Waals surface area contributed by atoms with Gasteiger partial charge in [-0.15, -0.1) is 0 Å². The Morgan fingerprint density at radius 1 is 1.15 bits per heavy atom. The first-order chi connectivity index (χ1) is 9.69. The number of halogens is 1. The van der Waals surface area contributed by atoms with Crippen LogP contribution in [0.15, 0.2) is 48.5 Å². The molecule has 0 heterocycles. The second-order valence-corrected chi connectivity index (χ2v) is 5.00. The molecular formula is C17H17ClO2. The van der Waals surface area contributed by atoms with E-state index in [2.05, 4.69) is 0 Å². The Labute approximate surface area is 124 Å². The van der Waals surface area contributed by atoms with Crippen molar-refractivity contribution in [3.05, 3.63) is 64.7 Å². The number of rotatable bonds is 6. The number of benzene rings is 2. The van der Waals surface area contributed by atoms with Crippen molar-refractivity contribution in [1.82, 2.24) is 0 Å². The Morgan fingerprint density at radius 3 is 2.60 bits per heavy atom. The van der Waals surface area contributed by atoms with Gasteiger partial charge in [0.05, 0.1) is 0 Å². The topological polar surface area (TPSA) is 26.3 Å². The van der Waals surface area contributed by atoms with Gasteiger partial charge in [-0.3, -0.25) is 4.79 Å². The molecule has 0 radical (unpaired) electrons. The number of carbonyl (C=O) groups excluding carboxylic acids is 1. The molecule has 2 aromatic rings. The van der Waals surface area contributed by atoms with Gasteiger partial charge in [-0.05, 0) is 35.7 Å². The summed E-state index contributed by atoms with van der Waals surface area (Å²) in [7, 11) is 0. The summed E-state index contributed by atoms with van der Waals surface area (Å²) in [5.41, 5.74) is 2.03. The minimum absolute atomic E-state index is 0.0594. The summed E-state index contributed by atoms with van der Waals surface area (Å²) in [4.78, 5) is 11.9. The second kappa shape index (κ2) is 7.11. The van der Waals surface area contributed by atoms with Gasteiger partial charge in [-0.1, -0.05) is 48.9 Å². The lowest BCUT2D eigenvalue weighted by Crippen LogP contribution is -2.13. The van der Waals surface area contributed by atoms with E-state index in [9.17, 15) is 4.79 Å². The van der Waals surface area contributed by atoms with E-state index in [1.54, 1.807) is 12.1 Å². The molecule has 0 unspecified atom stereocenters. The molecule has 0 spiro atoms. The highest BCUT2D eigenvalue weighted by Crippen LogP contribution is 2.22. The van der Waals surface area contributed by atoms with Crippen molar-refractivity contribution >= 4 is 17.4 Å². The Hall–Kier alpha value is -1.80. The van der Waals surface area contributed by atoms with E-state index in [0.717, 1.165) is 22.6 Å². The second-order valence-electron chi connectivity index (χ2n) is 4.60. The average molecular weight is 289 g/mol. The standard InChI is InChI=1S/C17H17ClO2/c1-2-14-11-16(8-9-17(14)18)20-12-15(19)10-13-6-4-3-5-7-13/h3-9,11H,2,10,12H2,1H3. The molecule has 104 valence electrons. The van der Waals surface area contributed by atoms with E-state index in [0.29, 0.717) is 12.2 Å². The van der Waals surface area contributed by atoms with Gasteiger partial charge in [-0.25, -0.2) is 0 Å². The maximum absolute atomic E-state index is 11.9. The van der Waals surface area contributed by atoms with E-state index < -0.39 is 0 Å². The first-order valence-electron chi connectivity index (χ1n) is 6.66. The first kappa shape index (κ1) is 14.6. The number of aryl methyl sites for hydroxylation is 1. The van der Waals surface area contributed by atoms with Crippen LogP contribution in [0.1, 0.15) is 18.1 Å². The van der Waals surface area contributed by atoms with Gasteiger partial charge in [0, 0.05) is 11.4 Å². The van der Waals surface area contributed by atoms with Gasteiger partial charge >= 0.3 is 0 Å². The fourth-order valence-corrected chi connectivity index (χ4v) is 2.20. The van der Waals surface area contributed by atoms with E-state index >= 15 is 0 Å². The third-order valence-electron chi connectivity index (χ3n) is 3.04. The zero-order chi connectivity index (χ0) is 14.4. The molecule has 2 nitrogen and oxygen atoms in total. The lowest BCUT2D eigenvalue weighted by atomic mass is 10.1. The van der Waals surface area contributed by atoms with Crippen LogP contribution in [0, 0.1) is 0 Å². The molecule has 2 aromatic carbocycles. The van der Waals surface area contributed by atoms with Crippen LogP contribution in [0.25, 0.3) is 0 Å². The van der Waals surface area contributed by atoms with Crippen LogP contribution >= 0.6 is 11.6 Å². The van der Waals surface area contributed by atoms with Crippen LogP contribution in [0.2, 0.25) is 5.02 Å². The van der Waals surface area contributed by atoms with Crippen molar-refractivity contribution in [2.45, 2.75) is 19.8 Å². The number of carbonyl (C=O) groups is 1. The fraction of sp³-hybridized carbons (Fsp3) is 0.235. The van der Waals surface area contributed by atoms with Crippen LogP contribution < -0.4 is 4.74 Å². The average Bonchev–Trinajstić information content (AvgIpc) is 2.47. The summed E-state index contributed by atoms with van der Waals surface area (Å²) in [5, 5.41) is 0.732. The van der Waals surface area contributed by atoms with Crippen molar-refractivity contribution in [3.63, 3.8) is 0 Å². The molecule has 0 amide bonds. The third-order valence-corrected chi connectivity index (χ3v) is 3.41. The number of Topliss-reactive ketones (excluding diaryl/α,β-unsaturated/α-hetero) is 1. The molecule has 0 atom stereocenters. The number of ketones is 1. The predicted molar refractivity (Wildman–Crippen MR) is 81.5 cm³/mol. The van der Waals surface area contributed by atoms with E-state index in [1.165, 1.54) is 0 Å². The largest absolute Gasteiger partial charge is 0.486 e. The van der Waals surface area contributed by atoms with Crippen molar-refractivity contribution < 1.29 is 9.53 Å². The lowest BCUT2D eigenvalue weighted by Gasteiger charge is -2.08. The van der Waals surface area contributed by atoms with Gasteiger partial charge in [0.2, 0.25) is 0 Å². The van der Waals surface area contributed by atoms with Crippen molar-refractivity contribution in [2.24, 2.45) is 0 Å². The molecule has 2 rings (SSSR count). The highest BCUT2D eigenvalue weighted by molar-refractivity contribution is 6.31. The maximum atomic E-state index is 11.9. The summed E-state index contributed by atoms with van der Waals surface area (Å²) in [5.74, 6) is 0.747. The van der Waals surface area contributed by atoms with E-state index in [1.807, 2.05) is 43.3 Å². The molecule has 0 bridgehead atoms. The molecule has 0 aliphatic heterocycles. The van der Waals surface area contributed by atoms with Crippen LogP contribution in [0.3, 0.4) is 0 Å². The van der Waals surface area contributed by atoms with Crippen LogP contribution in [-0.2, 0) is 17.6 Å². The Kier molecular flexibility index (Phi) is 5.19. The molecule has 0 fully saturated rings. The Morgan fingerprint density at radius 2 is 1.90 bits per heavy atom. The number of hydrogen-bond donors (Lipinski definition) is 0. The normalized spacial score (nSPS) is 10.3. The van der Waals surface area contributed by atoms with E-state index in [-0.39, 0.29) is 12.4 Å². The van der Waals surface area contributed by atoms with Gasteiger partial charge in [0.1, 0.15) is 12.4 Å².